The largest absolute Gasteiger partial charge is 0.493 e. The monoisotopic (exact) mass is 374 g/mol. The van der Waals surface area contributed by atoms with Crippen LogP contribution in [0.15, 0.2) is 24.8 Å². The third-order valence-electron chi connectivity index (χ3n) is 5.09. The molecule has 0 saturated carbocycles. The Hall–Kier alpha value is -2.01. The van der Waals surface area contributed by atoms with Crippen molar-refractivity contribution in [1.82, 2.24) is 9.80 Å². The summed E-state index contributed by atoms with van der Waals surface area (Å²) in [6.45, 7) is 12.2. The molecule has 0 radical (unpaired) electrons. The molecule has 1 aliphatic heterocycles. The predicted molar refractivity (Wildman–Crippen MR) is 109 cm³/mol. The van der Waals surface area contributed by atoms with Gasteiger partial charge in [-0.2, -0.15) is 0 Å². The van der Waals surface area contributed by atoms with E-state index in [4.69, 9.17) is 9.47 Å². The van der Waals surface area contributed by atoms with Crippen LogP contribution in [0, 0.1) is 0 Å². The van der Waals surface area contributed by atoms with Crippen molar-refractivity contribution in [2.45, 2.75) is 46.1 Å². The molecule has 0 bridgehead atoms. The molecule has 2 rings (SSSR count). The molecular formula is C22H34N2O3. The van der Waals surface area contributed by atoms with E-state index in [1.165, 1.54) is 19.3 Å². The number of hydrogen-bond donors (Lipinski definition) is 0. The third kappa shape index (κ3) is 5.99. The molecule has 1 saturated heterocycles. The number of hydrogen-bond acceptors (Lipinski definition) is 4. The summed E-state index contributed by atoms with van der Waals surface area (Å²) in [5.74, 6) is 1.38. The number of rotatable bonds is 10. The Morgan fingerprint density at radius 1 is 1.22 bits per heavy atom. The Balaban J connectivity index is 2.25. The molecular weight excluding hydrogens is 340 g/mol. The van der Waals surface area contributed by atoms with Crippen LogP contribution in [0.25, 0.3) is 0 Å². The molecule has 0 unspecified atom stereocenters. The molecule has 5 nitrogen and oxygen atoms in total. The van der Waals surface area contributed by atoms with E-state index in [9.17, 15) is 4.79 Å². The van der Waals surface area contributed by atoms with Crippen molar-refractivity contribution in [2.24, 2.45) is 0 Å². The Labute approximate surface area is 163 Å². The highest BCUT2D eigenvalue weighted by molar-refractivity contribution is 5.77. The van der Waals surface area contributed by atoms with E-state index in [0.717, 1.165) is 37.2 Å². The highest BCUT2D eigenvalue weighted by Gasteiger charge is 2.19. The van der Waals surface area contributed by atoms with E-state index in [1.54, 1.807) is 12.0 Å². The van der Waals surface area contributed by atoms with Crippen molar-refractivity contribution in [3.63, 3.8) is 0 Å². The number of benzene rings is 1. The van der Waals surface area contributed by atoms with Gasteiger partial charge in [-0.3, -0.25) is 9.69 Å². The van der Waals surface area contributed by atoms with Gasteiger partial charge in [-0.25, -0.2) is 0 Å². The molecule has 5 heteroatoms. The van der Waals surface area contributed by atoms with Crippen LogP contribution >= 0.6 is 0 Å². The first-order chi connectivity index (χ1) is 13.1. The molecule has 1 heterocycles. The first-order valence-electron chi connectivity index (χ1n) is 10.1. The topological polar surface area (TPSA) is 42.0 Å². The number of ether oxygens (including phenoxy) is 2. The molecule has 150 valence electrons. The van der Waals surface area contributed by atoms with Crippen LogP contribution in [0.1, 0.15) is 44.2 Å². The molecule has 0 aliphatic carbocycles. The van der Waals surface area contributed by atoms with E-state index in [-0.39, 0.29) is 12.5 Å². The number of carbonyl (C=O) groups excluding carboxylic acids is 1. The second-order valence-corrected chi connectivity index (χ2v) is 6.97. The van der Waals surface area contributed by atoms with E-state index >= 15 is 0 Å². The number of allylic oxidation sites excluding steroid dienone is 1. The zero-order valence-electron chi connectivity index (χ0n) is 17.1. The summed E-state index contributed by atoms with van der Waals surface area (Å²) < 4.78 is 11.6. The lowest BCUT2D eigenvalue weighted by molar-refractivity contribution is -0.133. The lowest BCUT2D eigenvalue weighted by Gasteiger charge is -2.28. The maximum Gasteiger partial charge on any atom is 0.260 e. The maximum absolute atomic E-state index is 12.4. The highest BCUT2D eigenvalue weighted by atomic mass is 16.5. The average Bonchev–Trinajstić information content (AvgIpc) is 2.68. The molecule has 1 amide bonds. The first-order valence-corrected chi connectivity index (χ1v) is 10.1. The van der Waals surface area contributed by atoms with E-state index < -0.39 is 0 Å². The Kier molecular flexibility index (Phi) is 8.65. The quantitative estimate of drug-likeness (QED) is 0.586. The van der Waals surface area contributed by atoms with Crippen LogP contribution in [0.4, 0.5) is 0 Å². The standard InChI is InChI=1S/C22H34N2O3/c1-5-11-18-14-19(16-23-12-9-8-10-13-23)22(20(15-18)26-4)27-17-21(25)24(6-2)7-3/h5,14-15H,1,6-13,16-17H2,2-4H3. The number of methoxy groups -OCH3 is 1. The summed E-state index contributed by atoms with van der Waals surface area (Å²) in [5.41, 5.74) is 2.23. The van der Waals surface area contributed by atoms with Gasteiger partial charge in [-0.05, 0) is 57.8 Å². The predicted octanol–water partition coefficient (Wildman–Crippen LogP) is 3.66. The van der Waals surface area contributed by atoms with Crippen LogP contribution in [0.3, 0.4) is 0 Å². The number of likely N-dealkylation sites (tertiary alicyclic amines) is 1. The zero-order chi connectivity index (χ0) is 19.6. The lowest BCUT2D eigenvalue weighted by atomic mass is 10.0. The van der Waals surface area contributed by atoms with Crippen LogP contribution in [0.5, 0.6) is 11.5 Å². The highest BCUT2D eigenvalue weighted by Crippen LogP contribution is 2.34. The Morgan fingerprint density at radius 2 is 1.93 bits per heavy atom. The van der Waals surface area contributed by atoms with Crippen LogP contribution in [0.2, 0.25) is 0 Å². The van der Waals surface area contributed by atoms with Crippen LogP contribution < -0.4 is 9.47 Å². The van der Waals surface area contributed by atoms with Gasteiger partial charge in [0.05, 0.1) is 7.11 Å². The number of carbonyl (C=O) groups is 1. The average molecular weight is 375 g/mol. The molecule has 0 spiro atoms. The Morgan fingerprint density at radius 3 is 2.52 bits per heavy atom. The smallest absolute Gasteiger partial charge is 0.260 e. The number of piperidine rings is 1. The van der Waals surface area contributed by atoms with Crippen molar-refractivity contribution < 1.29 is 14.3 Å². The maximum atomic E-state index is 12.4. The van der Waals surface area contributed by atoms with E-state index in [2.05, 4.69) is 17.5 Å². The van der Waals surface area contributed by atoms with Crippen LogP contribution in [-0.2, 0) is 17.8 Å². The van der Waals surface area contributed by atoms with Crippen molar-refractivity contribution >= 4 is 5.91 Å². The van der Waals surface area contributed by atoms with Gasteiger partial charge in [0.2, 0.25) is 0 Å². The van der Waals surface area contributed by atoms with Gasteiger partial charge in [0.1, 0.15) is 0 Å². The second-order valence-electron chi connectivity index (χ2n) is 6.97. The molecule has 0 aromatic heterocycles. The summed E-state index contributed by atoms with van der Waals surface area (Å²) >= 11 is 0. The van der Waals surface area contributed by atoms with Gasteiger partial charge in [-0.15, -0.1) is 6.58 Å². The van der Waals surface area contributed by atoms with Gasteiger partial charge in [0, 0.05) is 25.2 Å². The normalized spacial score (nSPS) is 14.6. The molecule has 0 atom stereocenters. The molecule has 1 fully saturated rings. The summed E-state index contributed by atoms with van der Waals surface area (Å²) in [4.78, 5) is 16.6. The van der Waals surface area contributed by atoms with Gasteiger partial charge >= 0.3 is 0 Å². The van der Waals surface area contributed by atoms with Crippen molar-refractivity contribution in [2.75, 3.05) is 39.9 Å². The number of likely N-dealkylation sites (N-methyl/N-ethyl adjacent to an activating group) is 1. The fraction of sp³-hybridized carbons (Fsp3) is 0.591. The second kappa shape index (κ2) is 11.0. The van der Waals surface area contributed by atoms with Crippen LogP contribution in [-0.4, -0.2) is 55.6 Å². The minimum Gasteiger partial charge on any atom is -0.493 e. The summed E-state index contributed by atoms with van der Waals surface area (Å²) in [6, 6.07) is 4.15. The molecule has 1 aromatic rings. The number of nitrogens with zero attached hydrogens (tertiary/aromatic N) is 2. The van der Waals surface area contributed by atoms with Gasteiger partial charge in [-0.1, -0.05) is 18.6 Å². The zero-order valence-corrected chi connectivity index (χ0v) is 17.1. The van der Waals surface area contributed by atoms with Crippen molar-refractivity contribution in [3.05, 3.63) is 35.9 Å². The molecule has 0 N–H and O–H groups in total. The molecule has 27 heavy (non-hydrogen) atoms. The van der Waals surface area contributed by atoms with E-state index in [0.29, 0.717) is 24.6 Å². The molecule has 1 aromatic carbocycles. The molecule has 1 aliphatic rings. The fourth-order valence-corrected chi connectivity index (χ4v) is 3.60. The van der Waals surface area contributed by atoms with E-state index in [1.807, 2.05) is 26.0 Å². The van der Waals surface area contributed by atoms with Gasteiger partial charge in [0.25, 0.3) is 5.91 Å². The van der Waals surface area contributed by atoms with Crippen molar-refractivity contribution in [1.29, 1.82) is 0 Å². The fourth-order valence-electron chi connectivity index (χ4n) is 3.60. The summed E-state index contributed by atoms with van der Waals surface area (Å²) in [5, 5.41) is 0. The number of amides is 1. The minimum atomic E-state index is 0.00106. The van der Waals surface area contributed by atoms with Gasteiger partial charge in [0.15, 0.2) is 18.1 Å². The Bertz CT molecular complexity index is 620. The summed E-state index contributed by atoms with van der Waals surface area (Å²) in [6.07, 6.45) is 6.45. The van der Waals surface area contributed by atoms with Gasteiger partial charge < -0.3 is 14.4 Å². The summed E-state index contributed by atoms with van der Waals surface area (Å²) in [7, 11) is 1.65. The third-order valence-corrected chi connectivity index (χ3v) is 5.09. The van der Waals surface area contributed by atoms with Crippen molar-refractivity contribution in [3.8, 4) is 11.5 Å². The minimum absolute atomic E-state index is 0.00106. The SMILES string of the molecule is C=CCc1cc(CN2CCCCC2)c(OCC(=O)N(CC)CC)c(OC)c1. The lowest BCUT2D eigenvalue weighted by Crippen LogP contribution is -2.34. The first kappa shape index (κ1) is 21.3.